The second-order valence-electron chi connectivity index (χ2n) is 5.86. The maximum atomic E-state index is 5.55. The molecule has 0 aliphatic heterocycles. The van der Waals surface area contributed by atoms with Gasteiger partial charge in [0.05, 0.1) is 6.61 Å². The van der Waals surface area contributed by atoms with E-state index in [1.165, 1.54) is 6.42 Å². The van der Waals surface area contributed by atoms with Crippen molar-refractivity contribution in [3.8, 4) is 0 Å². The summed E-state index contributed by atoms with van der Waals surface area (Å²) in [6.07, 6.45) is 2.39. The molecule has 0 spiro atoms. The summed E-state index contributed by atoms with van der Waals surface area (Å²) in [7, 11) is 0. The Balaban J connectivity index is 3.06. The van der Waals surface area contributed by atoms with Gasteiger partial charge in [-0.25, -0.2) is 0 Å². The van der Waals surface area contributed by atoms with Crippen LogP contribution in [0.4, 0.5) is 0 Å². The fraction of sp³-hybridized carbons (Fsp3) is 1.00. The minimum atomic E-state index is 0.394. The van der Waals surface area contributed by atoms with Crippen LogP contribution in [0.3, 0.4) is 0 Å². The van der Waals surface area contributed by atoms with Gasteiger partial charge >= 0.3 is 0 Å². The van der Waals surface area contributed by atoms with Gasteiger partial charge < -0.3 is 10.1 Å². The monoisotopic (exact) mass is 215 g/mol. The largest absolute Gasteiger partial charge is 0.380 e. The molecule has 92 valence electrons. The third-order valence-electron chi connectivity index (χ3n) is 2.32. The van der Waals surface area contributed by atoms with Gasteiger partial charge in [0.15, 0.2) is 0 Å². The van der Waals surface area contributed by atoms with Crippen LogP contribution in [0.2, 0.25) is 0 Å². The van der Waals surface area contributed by atoms with Gasteiger partial charge in [-0.05, 0) is 30.7 Å². The van der Waals surface area contributed by atoms with Crippen LogP contribution < -0.4 is 5.32 Å². The summed E-state index contributed by atoms with van der Waals surface area (Å²) in [5.41, 5.74) is 0.394. The molecule has 0 aliphatic rings. The molecule has 1 N–H and O–H groups in total. The molecule has 0 aromatic rings. The fourth-order valence-electron chi connectivity index (χ4n) is 1.14. The Morgan fingerprint density at radius 2 is 1.73 bits per heavy atom. The Morgan fingerprint density at radius 1 is 1.07 bits per heavy atom. The Hall–Kier alpha value is -0.0800. The van der Waals surface area contributed by atoms with Crippen molar-refractivity contribution in [1.82, 2.24) is 5.32 Å². The third kappa shape index (κ3) is 13.9. The Bertz CT molecular complexity index is 138. The molecule has 0 saturated heterocycles. The molecule has 2 heteroatoms. The lowest BCUT2D eigenvalue weighted by molar-refractivity contribution is 0.110. The van der Waals surface area contributed by atoms with E-state index in [0.717, 1.165) is 38.6 Å². The highest BCUT2D eigenvalue weighted by molar-refractivity contribution is 4.60. The minimum Gasteiger partial charge on any atom is -0.380 e. The van der Waals surface area contributed by atoms with E-state index in [1.54, 1.807) is 0 Å². The first-order chi connectivity index (χ1) is 6.92. The van der Waals surface area contributed by atoms with Crippen LogP contribution in [0, 0.1) is 11.3 Å². The predicted octanol–water partition coefficient (Wildman–Crippen LogP) is 3.07. The average molecular weight is 215 g/mol. The normalized spacial score (nSPS) is 12.4. The molecule has 0 unspecified atom stereocenters. The molecule has 0 aromatic heterocycles. The predicted molar refractivity (Wildman–Crippen MR) is 67.2 cm³/mol. The summed E-state index contributed by atoms with van der Waals surface area (Å²) in [5.74, 6) is 0.791. The van der Waals surface area contributed by atoms with E-state index in [-0.39, 0.29) is 0 Å². The molecule has 0 atom stereocenters. The Morgan fingerprint density at radius 3 is 2.27 bits per heavy atom. The minimum absolute atomic E-state index is 0.394. The zero-order chi connectivity index (χ0) is 11.7. The van der Waals surface area contributed by atoms with Crippen molar-refractivity contribution in [2.24, 2.45) is 11.3 Å². The summed E-state index contributed by atoms with van der Waals surface area (Å²) in [4.78, 5) is 0. The van der Waals surface area contributed by atoms with E-state index in [4.69, 9.17) is 4.74 Å². The number of rotatable bonds is 8. The fourth-order valence-corrected chi connectivity index (χ4v) is 1.14. The highest BCUT2D eigenvalue weighted by Crippen LogP contribution is 2.17. The van der Waals surface area contributed by atoms with E-state index in [9.17, 15) is 0 Å². The molecule has 0 aromatic carbocycles. The van der Waals surface area contributed by atoms with Gasteiger partial charge in [-0.15, -0.1) is 0 Å². The molecular weight excluding hydrogens is 186 g/mol. The first kappa shape index (κ1) is 14.9. The van der Waals surface area contributed by atoms with Crippen LogP contribution in [0.5, 0.6) is 0 Å². The first-order valence-electron chi connectivity index (χ1n) is 6.20. The summed E-state index contributed by atoms with van der Waals surface area (Å²) in [5, 5.41) is 3.39. The number of nitrogens with one attached hydrogen (secondary N) is 1. The highest BCUT2D eigenvalue weighted by atomic mass is 16.5. The van der Waals surface area contributed by atoms with Gasteiger partial charge in [-0.1, -0.05) is 34.6 Å². The Labute approximate surface area is 95.8 Å². The molecular formula is C13H29NO. The van der Waals surface area contributed by atoms with Crippen molar-refractivity contribution in [1.29, 1.82) is 0 Å². The van der Waals surface area contributed by atoms with Crippen molar-refractivity contribution >= 4 is 0 Å². The van der Waals surface area contributed by atoms with E-state index in [2.05, 4.69) is 39.9 Å². The van der Waals surface area contributed by atoms with Crippen LogP contribution in [-0.2, 0) is 4.74 Å². The van der Waals surface area contributed by atoms with Crippen molar-refractivity contribution in [3.63, 3.8) is 0 Å². The van der Waals surface area contributed by atoms with Crippen LogP contribution in [0.25, 0.3) is 0 Å². The zero-order valence-electron chi connectivity index (χ0n) is 11.2. The van der Waals surface area contributed by atoms with Crippen LogP contribution in [0.1, 0.15) is 47.5 Å². The van der Waals surface area contributed by atoms with Crippen LogP contribution >= 0.6 is 0 Å². The Kier molecular flexibility index (Phi) is 8.07. The van der Waals surface area contributed by atoms with Gasteiger partial charge in [-0.3, -0.25) is 0 Å². The molecule has 0 amide bonds. The van der Waals surface area contributed by atoms with Gasteiger partial charge in [-0.2, -0.15) is 0 Å². The molecule has 0 saturated carbocycles. The molecule has 0 rings (SSSR count). The topological polar surface area (TPSA) is 21.3 Å². The number of ether oxygens (including phenoxy) is 1. The maximum absolute atomic E-state index is 5.55. The van der Waals surface area contributed by atoms with Gasteiger partial charge in [0.1, 0.15) is 0 Å². The number of hydrogen-bond donors (Lipinski definition) is 1. The zero-order valence-corrected chi connectivity index (χ0v) is 11.2. The molecule has 0 fully saturated rings. The molecule has 0 radical (unpaired) electrons. The summed E-state index contributed by atoms with van der Waals surface area (Å²) < 4.78 is 5.55. The van der Waals surface area contributed by atoms with Gasteiger partial charge in [0, 0.05) is 13.2 Å². The van der Waals surface area contributed by atoms with Crippen molar-refractivity contribution in [2.75, 3.05) is 26.3 Å². The lowest BCUT2D eigenvalue weighted by Gasteiger charge is -2.17. The number of hydrogen-bond acceptors (Lipinski definition) is 2. The van der Waals surface area contributed by atoms with Crippen molar-refractivity contribution in [2.45, 2.75) is 47.5 Å². The van der Waals surface area contributed by atoms with E-state index < -0.39 is 0 Å². The van der Waals surface area contributed by atoms with Crippen LogP contribution in [0.15, 0.2) is 0 Å². The molecule has 2 nitrogen and oxygen atoms in total. The van der Waals surface area contributed by atoms with Crippen LogP contribution in [-0.4, -0.2) is 26.3 Å². The maximum Gasteiger partial charge on any atom is 0.0590 e. The van der Waals surface area contributed by atoms with E-state index >= 15 is 0 Å². The second-order valence-corrected chi connectivity index (χ2v) is 5.86. The molecule has 0 heterocycles. The first-order valence-corrected chi connectivity index (χ1v) is 6.20. The van der Waals surface area contributed by atoms with Crippen molar-refractivity contribution in [3.05, 3.63) is 0 Å². The van der Waals surface area contributed by atoms with Gasteiger partial charge in [0.2, 0.25) is 0 Å². The third-order valence-corrected chi connectivity index (χ3v) is 2.32. The summed E-state index contributed by atoms with van der Waals surface area (Å²) >= 11 is 0. The summed E-state index contributed by atoms with van der Waals surface area (Å²) in [6.45, 7) is 15.1. The van der Waals surface area contributed by atoms with Crippen molar-refractivity contribution < 1.29 is 4.74 Å². The molecule has 0 bridgehead atoms. The molecule has 15 heavy (non-hydrogen) atoms. The lowest BCUT2D eigenvalue weighted by atomic mass is 9.93. The molecule has 0 aliphatic carbocycles. The van der Waals surface area contributed by atoms with E-state index in [1.807, 2.05) is 0 Å². The lowest BCUT2D eigenvalue weighted by Crippen LogP contribution is -2.22. The SMILES string of the molecule is CC(C)CCNCCOCCC(C)(C)C. The highest BCUT2D eigenvalue weighted by Gasteiger charge is 2.08. The van der Waals surface area contributed by atoms with E-state index in [0.29, 0.717) is 5.41 Å². The summed E-state index contributed by atoms with van der Waals surface area (Å²) in [6, 6.07) is 0. The average Bonchev–Trinajstić information content (AvgIpc) is 2.07. The smallest absolute Gasteiger partial charge is 0.0590 e. The second kappa shape index (κ2) is 8.12. The standard InChI is InChI=1S/C13H29NO/c1-12(2)6-8-14-9-11-15-10-7-13(3,4)5/h12,14H,6-11H2,1-5H3. The quantitative estimate of drug-likeness (QED) is 0.628. The van der Waals surface area contributed by atoms with Gasteiger partial charge in [0.25, 0.3) is 0 Å².